The Bertz CT molecular complexity index is 416. The molecular weight excluding hydrogens is 254 g/mol. The summed E-state index contributed by atoms with van der Waals surface area (Å²) < 4.78 is 10.8. The molecule has 1 N–H and O–H groups in total. The van der Waals surface area contributed by atoms with Crippen molar-refractivity contribution in [2.75, 3.05) is 20.3 Å². The Labute approximate surface area is 121 Å². The first kappa shape index (κ1) is 16.5. The van der Waals surface area contributed by atoms with Gasteiger partial charge in [-0.1, -0.05) is 19.1 Å². The van der Waals surface area contributed by atoms with Crippen LogP contribution in [0.4, 0.5) is 0 Å². The summed E-state index contributed by atoms with van der Waals surface area (Å²) >= 11 is 0. The van der Waals surface area contributed by atoms with Crippen molar-refractivity contribution in [3.05, 3.63) is 29.8 Å². The van der Waals surface area contributed by atoms with Crippen LogP contribution in [0.1, 0.15) is 32.8 Å². The third-order valence-corrected chi connectivity index (χ3v) is 3.48. The van der Waals surface area contributed by atoms with Crippen molar-refractivity contribution in [1.29, 1.82) is 0 Å². The highest BCUT2D eigenvalue weighted by Gasteiger charge is 2.32. The van der Waals surface area contributed by atoms with E-state index >= 15 is 0 Å². The van der Waals surface area contributed by atoms with E-state index in [2.05, 4.69) is 24.4 Å². The molecule has 1 unspecified atom stereocenters. The molecule has 20 heavy (non-hydrogen) atoms. The lowest BCUT2D eigenvalue weighted by Crippen LogP contribution is -2.49. The molecule has 0 fully saturated rings. The molecule has 112 valence electrons. The number of likely N-dealkylation sites (N-methyl/N-ethyl adjacent to an activating group) is 1. The molecule has 0 aliphatic heterocycles. The van der Waals surface area contributed by atoms with Crippen LogP contribution in [0.5, 0.6) is 5.75 Å². The van der Waals surface area contributed by atoms with E-state index in [1.54, 1.807) is 14.0 Å². The third-order valence-electron chi connectivity index (χ3n) is 3.48. The fourth-order valence-corrected chi connectivity index (χ4v) is 1.81. The summed E-state index contributed by atoms with van der Waals surface area (Å²) in [5, 5.41) is 3.01. The molecule has 0 radical (unpaired) electrons. The van der Waals surface area contributed by atoms with E-state index in [0.29, 0.717) is 19.6 Å². The topological polar surface area (TPSA) is 47.6 Å². The molecule has 4 nitrogen and oxygen atoms in total. The van der Waals surface area contributed by atoms with E-state index in [0.717, 1.165) is 12.2 Å². The van der Waals surface area contributed by atoms with Crippen LogP contribution < -0.4 is 10.1 Å². The van der Waals surface area contributed by atoms with Crippen LogP contribution >= 0.6 is 0 Å². The summed E-state index contributed by atoms with van der Waals surface area (Å²) in [6.07, 6.45) is 1.57. The van der Waals surface area contributed by atoms with Gasteiger partial charge in [0.2, 0.25) is 0 Å². The van der Waals surface area contributed by atoms with E-state index in [-0.39, 0.29) is 5.97 Å². The Hall–Kier alpha value is -1.55. The largest absolute Gasteiger partial charge is 0.494 e. The monoisotopic (exact) mass is 279 g/mol. The third kappa shape index (κ3) is 4.53. The zero-order valence-electron chi connectivity index (χ0n) is 12.9. The van der Waals surface area contributed by atoms with E-state index in [9.17, 15) is 4.79 Å². The van der Waals surface area contributed by atoms with Crippen LogP contribution in [0, 0.1) is 0 Å². The molecule has 0 aliphatic carbocycles. The fraction of sp³-hybridized carbons (Fsp3) is 0.562. The van der Waals surface area contributed by atoms with Crippen LogP contribution in [-0.2, 0) is 16.0 Å². The summed E-state index contributed by atoms with van der Waals surface area (Å²) in [5.41, 5.74) is 0.572. The van der Waals surface area contributed by atoms with Crippen molar-refractivity contribution in [1.82, 2.24) is 5.32 Å². The predicted molar refractivity (Wildman–Crippen MR) is 80.0 cm³/mol. The molecule has 0 bridgehead atoms. The molecule has 0 amide bonds. The Morgan fingerprint density at radius 3 is 2.40 bits per heavy atom. The lowest BCUT2D eigenvalue weighted by atomic mass is 9.99. The van der Waals surface area contributed by atoms with Crippen LogP contribution in [0.15, 0.2) is 24.3 Å². The van der Waals surface area contributed by atoms with E-state index < -0.39 is 5.54 Å². The SMILES string of the molecule is CCOC(=O)C(C)(CCOc1ccc(CC)cc1)NC. The molecule has 4 heteroatoms. The molecule has 0 aromatic heterocycles. The van der Waals surface area contributed by atoms with Gasteiger partial charge in [0, 0.05) is 6.42 Å². The Balaban J connectivity index is 2.50. The number of carbonyl (C=O) groups excluding carboxylic acids is 1. The summed E-state index contributed by atoms with van der Waals surface area (Å²) in [6, 6.07) is 8.02. The van der Waals surface area contributed by atoms with Gasteiger partial charge in [-0.2, -0.15) is 0 Å². The first-order valence-electron chi connectivity index (χ1n) is 7.13. The molecule has 0 spiro atoms. The maximum absolute atomic E-state index is 11.9. The minimum Gasteiger partial charge on any atom is -0.494 e. The Morgan fingerprint density at radius 1 is 1.25 bits per heavy atom. The van der Waals surface area contributed by atoms with Gasteiger partial charge in [0.15, 0.2) is 0 Å². The summed E-state index contributed by atoms with van der Waals surface area (Å²) in [5.74, 6) is 0.581. The molecular formula is C16H25NO3. The highest BCUT2D eigenvalue weighted by molar-refractivity contribution is 5.80. The van der Waals surface area contributed by atoms with Gasteiger partial charge in [-0.3, -0.25) is 4.79 Å². The van der Waals surface area contributed by atoms with E-state index in [1.165, 1.54) is 5.56 Å². The van der Waals surface area contributed by atoms with Gasteiger partial charge >= 0.3 is 5.97 Å². The Morgan fingerprint density at radius 2 is 1.90 bits per heavy atom. The minimum absolute atomic E-state index is 0.243. The van der Waals surface area contributed by atoms with Gasteiger partial charge < -0.3 is 14.8 Å². The molecule has 0 heterocycles. The number of hydrogen-bond acceptors (Lipinski definition) is 4. The summed E-state index contributed by atoms with van der Waals surface area (Å²) in [4.78, 5) is 11.9. The van der Waals surface area contributed by atoms with Crippen LogP contribution in [-0.4, -0.2) is 31.8 Å². The number of carbonyl (C=O) groups is 1. The number of rotatable bonds is 8. The predicted octanol–water partition coefficient (Wildman–Crippen LogP) is 2.56. The number of benzene rings is 1. The average molecular weight is 279 g/mol. The molecule has 1 aromatic carbocycles. The van der Waals surface area contributed by atoms with Crippen molar-refractivity contribution in [2.24, 2.45) is 0 Å². The standard InChI is InChI=1S/C16H25NO3/c1-5-13-7-9-14(10-8-13)20-12-11-16(3,17-4)15(18)19-6-2/h7-10,17H,5-6,11-12H2,1-4H3. The van der Waals surface area contributed by atoms with Crippen LogP contribution in [0.3, 0.4) is 0 Å². The van der Waals surface area contributed by atoms with Gasteiger partial charge in [-0.05, 0) is 45.0 Å². The summed E-state index contributed by atoms with van der Waals surface area (Å²) in [6.45, 7) is 6.60. The lowest BCUT2D eigenvalue weighted by Gasteiger charge is -2.26. The fourth-order valence-electron chi connectivity index (χ4n) is 1.81. The maximum Gasteiger partial charge on any atom is 0.326 e. The smallest absolute Gasteiger partial charge is 0.326 e. The number of aryl methyl sites for hydroxylation is 1. The van der Waals surface area contributed by atoms with Gasteiger partial charge in [-0.15, -0.1) is 0 Å². The quantitative estimate of drug-likeness (QED) is 0.743. The number of ether oxygens (including phenoxy) is 2. The minimum atomic E-state index is -0.709. The second-order valence-corrected chi connectivity index (χ2v) is 4.90. The van der Waals surface area contributed by atoms with Crippen molar-refractivity contribution in [3.63, 3.8) is 0 Å². The average Bonchev–Trinajstić information content (AvgIpc) is 2.48. The highest BCUT2D eigenvalue weighted by atomic mass is 16.5. The summed E-state index contributed by atoms with van der Waals surface area (Å²) in [7, 11) is 1.76. The van der Waals surface area contributed by atoms with E-state index in [4.69, 9.17) is 9.47 Å². The zero-order valence-corrected chi connectivity index (χ0v) is 12.9. The van der Waals surface area contributed by atoms with Gasteiger partial charge in [0.05, 0.1) is 13.2 Å². The first-order valence-corrected chi connectivity index (χ1v) is 7.13. The van der Waals surface area contributed by atoms with Crippen molar-refractivity contribution in [2.45, 2.75) is 39.2 Å². The second kappa shape index (κ2) is 7.90. The van der Waals surface area contributed by atoms with Crippen LogP contribution in [0.25, 0.3) is 0 Å². The molecule has 0 saturated carbocycles. The van der Waals surface area contributed by atoms with E-state index in [1.807, 2.05) is 19.1 Å². The lowest BCUT2D eigenvalue weighted by molar-refractivity contribution is -0.150. The Kier molecular flexibility index (Phi) is 6.52. The molecule has 0 saturated heterocycles. The van der Waals surface area contributed by atoms with Gasteiger partial charge in [0.1, 0.15) is 11.3 Å². The highest BCUT2D eigenvalue weighted by Crippen LogP contribution is 2.16. The van der Waals surface area contributed by atoms with Gasteiger partial charge in [0.25, 0.3) is 0 Å². The molecule has 1 atom stereocenters. The second-order valence-electron chi connectivity index (χ2n) is 4.90. The normalized spacial score (nSPS) is 13.6. The van der Waals surface area contributed by atoms with Crippen LogP contribution in [0.2, 0.25) is 0 Å². The number of esters is 1. The van der Waals surface area contributed by atoms with Crippen molar-refractivity contribution in [3.8, 4) is 5.75 Å². The number of nitrogens with one attached hydrogen (secondary N) is 1. The number of hydrogen-bond donors (Lipinski definition) is 1. The van der Waals surface area contributed by atoms with Gasteiger partial charge in [-0.25, -0.2) is 0 Å². The maximum atomic E-state index is 11.9. The van der Waals surface area contributed by atoms with Crippen molar-refractivity contribution >= 4 is 5.97 Å². The van der Waals surface area contributed by atoms with Crippen molar-refractivity contribution < 1.29 is 14.3 Å². The molecule has 1 rings (SSSR count). The first-order chi connectivity index (χ1) is 9.55. The molecule has 1 aromatic rings. The zero-order chi connectivity index (χ0) is 15.0. The molecule has 0 aliphatic rings.